The van der Waals surface area contributed by atoms with Gasteiger partial charge in [0.15, 0.2) is 6.61 Å². The molecule has 0 unspecified atom stereocenters. The number of carboxylic acid groups (broad SMARTS) is 1. The normalized spacial score (nSPS) is 18.2. The van der Waals surface area contributed by atoms with Crippen molar-refractivity contribution in [1.29, 1.82) is 0 Å². The van der Waals surface area contributed by atoms with Gasteiger partial charge in [0.2, 0.25) is 0 Å². The van der Waals surface area contributed by atoms with Gasteiger partial charge in [0, 0.05) is 47.8 Å². The molecular formula is C23H28Cl2N2O4. The summed E-state index contributed by atoms with van der Waals surface area (Å²) in [6.07, 6.45) is 0. The van der Waals surface area contributed by atoms with E-state index in [0.717, 1.165) is 30.8 Å². The third kappa shape index (κ3) is 6.57. The van der Waals surface area contributed by atoms with Gasteiger partial charge in [-0.1, -0.05) is 35.3 Å². The van der Waals surface area contributed by atoms with Gasteiger partial charge >= 0.3 is 5.97 Å². The van der Waals surface area contributed by atoms with Crippen LogP contribution in [0.2, 0.25) is 10.0 Å². The number of hydrogen-bond donors (Lipinski definition) is 1. The maximum atomic E-state index is 10.9. The summed E-state index contributed by atoms with van der Waals surface area (Å²) in [5.41, 5.74) is 1.45. The molecule has 1 aliphatic heterocycles. The molecule has 8 heteroatoms. The average molecular weight is 467 g/mol. The number of carboxylic acids is 1. The summed E-state index contributed by atoms with van der Waals surface area (Å²) in [4.78, 5) is 19.5. The third-order valence-corrected chi connectivity index (χ3v) is 5.79. The summed E-state index contributed by atoms with van der Waals surface area (Å²) in [6.45, 7) is 8.79. The molecule has 1 atom stereocenters. The Morgan fingerprint density at radius 3 is 2.45 bits per heavy atom. The molecule has 1 heterocycles. The standard InChI is InChI=1S/C23H28Cl2N2O4/c1-16-13-26(14-17-12-20(25)8-9-21(17)30-15-22(28)29)10-11-27(16)31-23(2,3)18-4-6-19(24)7-5-18/h4-9,12,16H,10-11,13-15H2,1-3H3,(H,28,29)/t16-/m0/s1. The van der Waals surface area contributed by atoms with Crippen molar-refractivity contribution in [3.8, 4) is 5.75 Å². The van der Waals surface area contributed by atoms with Gasteiger partial charge in [-0.25, -0.2) is 4.79 Å². The molecule has 1 fully saturated rings. The van der Waals surface area contributed by atoms with Gasteiger partial charge in [0.25, 0.3) is 0 Å². The van der Waals surface area contributed by atoms with Crippen LogP contribution in [0.3, 0.4) is 0 Å². The Hall–Kier alpha value is -1.83. The van der Waals surface area contributed by atoms with E-state index in [9.17, 15) is 4.79 Å². The second-order valence-corrected chi connectivity index (χ2v) is 9.14. The van der Waals surface area contributed by atoms with Crippen LogP contribution in [0, 0.1) is 0 Å². The van der Waals surface area contributed by atoms with Crippen molar-refractivity contribution in [2.45, 2.75) is 39.0 Å². The molecule has 3 rings (SSSR count). The minimum Gasteiger partial charge on any atom is -0.482 e. The van der Waals surface area contributed by atoms with Gasteiger partial charge < -0.3 is 9.84 Å². The van der Waals surface area contributed by atoms with Gasteiger partial charge in [0.05, 0.1) is 0 Å². The van der Waals surface area contributed by atoms with Crippen LogP contribution < -0.4 is 4.74 Å². The number of aliphatic carboxylic acids is 1. The Morgan fingerprint density at radius 1 is 1.13 bits per heavy atom. The molecule has 0 spiro atoms. The lowest BCUT2D eigenvalue weighted by atomic mass is 9.98. The zero-order valence-corrected chi connectivity index (χ0v) is 19.5. The van der Waals surface area contributed by atoms with Gasteiger partial charge in [0.1, 0.15) is 11.4 Å². The maximum Gasteiger partial charge on any atom is 0.341 e. The van der Waals surface area contributed by atoms with E-state index in [2.05, 4.69) is 11.8 Å². The van der Waals surface area contributed by atoms with Gasteiger partial charge in [-0.2, -0.15) is 5.06 Å². The lowest BCUT2D eigenvalue weighted by Crippen LogP contribution is -2.53. The van der Waals surface area contributed by atoms with Crippen LogP contribution in [-0.4, -0.2) is 53.3 Å². The molecule has 2 aromatic carbocycles. The molecule has 0 bridgehead atoms. The molecule has 0 amide bonds. The average Bonchev–Trinajstić information content (AvgIpc) is 2.69. The predicted octanol–water partition coefficient (Wildman–Crippen LogP) is 4.83. The van der Waals surface area contributed by atoms with E-state index in [-0.39, 0.29) is 12.6 Å². The number of halogens is 2. The van der Waals surface area contributed by atoms with Crippen molar-refractivity contribution in [2.75, 3.05) is 26.2 Å². The first-order chi connectivity index (χ1) is 14.6. The van der Waals surface area contributed by atoms with Gasteiger partial charge in [-0.05, 0) is 56.7 Å². The summed E-state index contributed by atoms with van der Waals surface area (Å²) in [5.74, 6) is -0.467. The second-order valence-electron chi connectivity index (χ2n) is 8.27. The molecular weight excluding hydrogens is 439 g/mol. The molecule has 0 saturated carbocycles. The Morgan fingerprint density at radius 2 is 1.81 bits per heavy atom. The fourth-order valence-corrected chi connectivity index (χ4v) is 4.01. The van der Waals surface area contributed by atoms with E-state index in [1.807, 2.05) is 49.2 Å². The first kappa shape index (κ1) is 23.8. The number of benzene rings is 2. The van der Waals surface area contributed by atoms with E-state index in [4.69, 9.17) is 37.9 Å². The molecule has 1 saturated heterocycles. The Kier molecular flexibility index (Phi) is 7.83. The molecule has 31 heavy (non-hydrogen) atoms. The molecule has 1 N–H and O–H groups in total. The lowest BCUT2D eigenvalue weighted by molar-refractivity contribution is -0.271. The summed E-state index contributed by atoms with van der Waals surface area (Å²) in [6, 6.07) is 13.1. The molecule has 0 aliphatic carbocycles. The van der Waals surface area contributed by atoms with Crippen molar-refractivity contribution in [3.63, 3.8) is 0 Å². The summed E-state index contributed by atoms with van der Waals surface area (Å²) < 4.78 is 5.44. The number of nitrogens with zero attached hydrogens (tertiary/aromatic N) is 2. The number of piperazine rings is 1. The van der Waals surface area contributed by atoms with Crippen LogP contribution >= 0.6 is 23.2 Å². The third-order valence-electron chi connectivity index (χ3n) is 5.30. The highest BCUT2D eigenvalue weighted by Gasteiger charge is 2.31. The molecule has 1 aliphatic rings. The minimum absolute atomic E-state index is 0.169. The second kappa shape index (κ2) is 10.2. The van der Waals surface area contributed by atoms with Gasteiger partial charge in [-0.15, -0.1) is 0 Å². The van der Waals surface area contributed by atoms with E-state index in [0.29, 0.717) is 22.3 Å². The number of hydroxylamine groups is 2. The van der Waals surface area contributed by atoms with Crippen molar-refractivity contribution >= 4 is 29.2 Å². The Bertz CT molecular complexity index is 905. The number of ether oxygens (including phenoxy) is 1. The maximum absolute atomic E-state index is 10.9. The van der Waals surface area contributed by atoms with Crippen molar-refractivity contribution < 1.29 is 19.5 Å². The number of carbonyl (C=O) groups is 1. The monoisotopic (exact) mass is 466 g/mol. The highest BCUT2D eigenvalue weighted by atomic mass is 35.5. The topological polar surface area (TPSA) is 62.2 Å². The van der Waals surface area contributed by atoms with Crippen molar-refractivity contribution in [3.05, 3.63) is 63.6 Å². The summed E-state index contributed by atoms with van der Waals surface area (Å²) in [5, 5.41) is 12.2. The van der Waals surface area contributed by atoms with Crippen LogP contribution in [0.15, 0.2) is 42.5 Å². The SMILES string of the molecule is C[C@H]1CN(Cc2cc(Cl)ccc2OCC(=O)O)CCN1OC(C)(C)c1ccc(Cl)cc1. The van der Waals surface area contributed by atoms with E-state index in [1.165, 1.54) is 0 Å². The molecule has 2 aromatic rings. The van der Waals surface area contributed by atoms with E-state index in [1.54, 1.807) is 12.1 Å². The smallest absolute Gasteiger partial charge is 0.341 e. The lowest BCUT2D eigenvalue weighted by Gasteiger charge is -2.42. The quantitative estimate of drug-likeness (QED) is 0.600. The van der Waals surface area contributed by atoms with Crippen LogP contribution in [-0.2, 0) is 21.8 Å². The van der Waals surface area contributed by atoms with Crippen LogP contribution in [0.4, 0.5) is 0 Å². The molecule has 6 nitrogen and oxygen atoms in total. The first-order valence-electron chi connectivity index (χ1n) is 10.2. The van der Waals surface area contributed by atoms with Crippen LogP contribution in [0.25, 0.3) is 0 Å². The largest absolute Gasteiger partial charge is 0.482 e. The molecule has 168 valence electrons. The zero-order chi connectivity index (χ0) is 22.6. The summed E-state index contributed by atoms with van der Waals surface area (Å²) >= 11 is 12.2. The van der Waals surface area contributed by atoms with Crippen LogP contribution in [0.5, 0.6) is 5.75 Å². The van der Waals surface area contributed by atoms with Crippen LogP contribution in [0.1, 0.15) is 31.9 Å². The minimum atomic E-state index is -1.01. The highest BCUT2D eigenvalue weighted by Crippen LogP contribution is 2.30. The Balaban J connectivity index is 1.62. The van der Waals surface area contributed by atoms with E-state index >= 15 is 0 Å². The number of rotatable bonds is 8. The zero-order valence-electron chi connectivity index (χ0n) is 18.0. The fourth-order valence-electron chi connectivity index (χ4n) is 3.69. The molecule has 0 aromatic heterocycles. The van der Waals surface area contributed by atoms with Gasteiger partial charge in [-0.3, -0.25) is 9.74 Å². The highest BCUT2D eigenvalue weighted by molar-refractivity contribution is 6.30. The van der Waals surface area contributed by atoms with Crippen molar-refractivity contribution in [2.24, 2.45) is 0 Å². The summed E-state index contributed by atoms with van der Waals surface area (Å²) in [7, 11) is 0. The fraction of sp³-hybridized carbons (Fsp3) is 0.435. The Labute approximate surface area is 193 Å². The first-order valence-corrected chi connectivity index (χ1v) is 11.0. The number of hydrogen-bond acceptors (Lipinski definition) is 5. The predicted molar refractivity (Wildman–Crippen MR) is 122 cm³/mol. The van der Waals surface area contributed by atoms with Crippen molar-refractivity contribution in [1.82, 2.24) is 9.96 Å². The van der Waals surface area contributed by atoms with E-state index < -0.39 is 11.6 Å². The molecule has 0 radical (unpaired) electrons.